The smallest absolute Gasteiger partial charge is 0.0163 e. The fraction of sp³-hybridized carbons (Fsp3) is 0.926. The van der Waals surface area contributed by atoms with Crippen LogP contribution in [0.4, 0.5) is 0 Å². The molecule has 3 aliphatic rings. The van der Waals surface area contributed by atoms with Crippen molar-refractivity contribution in [2.24, 2.45) is 17.8 Å². The molecule has 2 fully saturated rings. The van der Waals surface area contributed by atoms with E-state index < -0.39 is 0 Å². The van der Waals surface area contributed by atoms with E-state index in [9.17, 15) is 0 Å². The number of hydrogen-bond acceptors (Lipinski definition) is 4. The summed E-state index contributed by atoms with van der Waals surface area (Å²) >= 11 is 0. The summed E-state index contributed by atoms with van der Waals surface area (Å²) < 4.78 is 0. The first-order valence-electron chi connectivity index (χ1n) is 12.6. The van der Waals surface area contributed by atoms with Crippen LogP contribution < -0.4 is 0 Å². The van der Waals surface area contributed by atoms with Crippen molar-refractivity contribution >= 4 is 0 Å². The van der Waals surface area contributed by atoms with Crippen molar-refractivity contribution in [3.05, 3.63) is 11.6 Å². The Bertz CT molecular complexity index is 430. The van der Waals surface area contributed by atoms with Crippen LogP contribution in [0, 0.1) is 17.8 Å². The van der Waals surface area contributed by atoms with Crippen molar-refractivity contribution in [2.45, 2.75) is 74.3 Å². The lowest BCUT2D eigenvalue weighted by molar-refractivity contribution is 0.126. The van der Waals surface area contributed by atoms with Crippen LogP contribution in [-0.2, 0) is 0 Å². The van der Waals surface area contributed by atoms with Gasteiger partial charge in [-0.25, -0.2) is 0 Å². The highest BCUT2D eigenvalue weighted by molar-refractivity contribution is 5.09. The second-order valence-electron chi connectivity index (χ2n) is 10.8. The molecule has 0 aliphatic carbocycles. The van der Waals surface area contributed by atoms with E-state index in [0.717, 1.165) is 30.3 Å². The molecule has 3 aliphatic heterocycles. The van der Waals surface area contributed by atoms with Gasteiger partial charge in [0.25, 0.3) is 0 Å². The lowest BCUT2D eigenvalue weighted by Crippen LogP contribution is -2.47. The van der Waals surface area contributed by atoms with Gasteiger partial charge in [0.2, 0.25) is 0 Å². The van der Waals surface area contributed by atoms with Crippen molar-refractivity contribution in [2.75, 3.05) is 73.5 Å². The average molecular weight is 439 g/mol. The summed E-state index contributed by atoms with van der Waals surface area (Å²) in [4.78, 5) is 9.70. The molecule has 0 aromatic heterocycles. The number of nitrogens with zero attached hydrogens (tertiary/aromatic N) is 4. The van der Waals surface area contributed by atoms with E-state index in [0.29, 0.717) is 0 Å². The first-order chi connectivity index (χ1) is 14.1. The van der Waals surface area contributed by atoms with Crippen LogP contribution >= 0.6 is 0 Å². The maximum Gasteiger partial charge on any atom is 0.0163 e. The van der Waals surface area contributed by atoms with Gasteiger partial charge < -0.3 is 14.7 Å². The molecule has 4 nitrogen and oxygen atoms in total. The summed E-state index contributed by atoms with van der Waals surface area (Å²) in [5.41, 5.74) is 1.64. The molecule has 0 spiro atoms. The Kier molecular flexibility index (Phi) is 16.0. The van der Waals surface area contributed by atoms with Crippen molar-refractivity contribution < 1.29 is 0 Å². The van der Waals surface area contributed by atoms with E-state index in [1.54, 1.807) is 5.57 Å². The Balaban J connectivity index is 0.000000429. The zero-order valence-electron chi connectivity index (χ0n) is 22.0. The van der Waals surface area contributed by atoms with Crippen molar-refractivity contribution in [1.29, 1.82) is 0 Å². The second kappa shape index (κ2) is 16.2. The van der Waals surface area contributed by atoms with Crippen LogP contribution in [0.25, 0.3) is 0 Å². The van der Waals surface area contributed by atoms with Gasteiger partial charge in [0.05, 0.1) is 0 Å². The van der Waals surface area contributed by atoms with Gasteiger partial charge in [-0.15, -0.1) is 0 Å². The fourth-order valence-electron chi connectivity index (χ4n) is 4.34. The molecular weight excluding hydrogens is 380 g/mol. The molecule has 0 aromatic rings. The number of piperidine rings is 1. The molecule has 186 valence electrons. The van der Waals surface area contributed by atoms with Crippen LogP contribution in [-0.4, -0.2) is 99.1 Å². The highest BCUT2D eigenvalue weighted by atomic mass is 15.3. The Labute approximate surface area is 197 Å². The van der Waals surface area contributed by atoms with Gasteiger partial charge in [-0.05, 0) is 85.1 Å². The minimum atomic E-state index is 0. The number of likely N-dealkylation sites (N-methyl/N-ethyl adjacent to an activating group) is 2. The van der Waals surface area contributed by atoms with Gasteiger partial charge in [0.1, 0.15) is 0 Å². The normalized spacial score (nSPS) is 22.4. The Morgan fingerprint density at radius 3 is 1.61 bits per heavy atom. The first-order valence-corrected chi connectivity index (χ1v) is 12.6. The van der Waals surface area contributed by atoms with Gasteiger partial charge in [-0.1, -0.05) is 46.8 Å². The average Bonchev–Trinajstić information content (AvgIpc) is 2.70. The molecule has 0 amide bonds. The lowest BCUT2D eigenvalue weighted by Gasteiger charge is -2.34. The van der Waals surface area contributed by atoms with Gasteiger partial charge in [-0.3, -0.25) is 4.90 Å². The van der Waals surface area contributed by atoms with Crippen molar-refractivity contribution in [3.63, 3.8) is 0 Å². The highest BCUT2D eigenvalue weighted by Gasteiger charge is 2.18. The Morgan fingerprint density at radius 2 is 1.23 bits per heavy atom. The quantitative estimate of drug-likeness (QED) is 0.564. The summed E-state index contributed by atoms with van der Waals surface area (Å²) in [7, 11) is 6.59. The van der Waals surface area contributed by atoms with E-state index in [4.69, 9.17) is 0 Å². The summed E-state index contributed by atoms with van der Waals surface area (Å²) in [5, 5.41) is 0. The minimum absolute atomic E-state index is 0. The van der Waals surface area contributed by atoms with Crippen LogP contribution in [0.1, 0.15) is 68.2 Å². The molecule has 0 saturated carbocycles. The van der Waals surface area contributed by atoms with Crippen LogP contribution in [0.2, 0.25) is 0 Å². The first kappa shape index (κ1) is 30.6. The maximum absolute atomic E-state index is 2.53. The standard InChI is InChI=1S/C9H19N.C9H17N.C8H18N2.CH4/c2*1-8(2)9-4-6-10(3)7-5-9;1-8(2)10-6-4-9(3)5-7-10;/h8-9H,4-7H2,1-3H3;4,8H,5-7H2,1-3H3;8H,4-7H2,1-3H3;1H4. The molecule has 3 heterocycles. The van der Waals surface area contributed by atoms with Gasteiger partial charge >= 0.3 is 0 Å². The van der Waals surface area contributed by atoms with E-state index in [2.05, 4.69) is 88.4 Å². The number of piperazine rings is 1. The fourth-order valence-corrected chi connectivity index (χ4v) is 4.34. The van der Waals surface area contributed by atoms with Crippen LogP contribution in [0.5, 0.6) is 0 Å². The number of rotatable bonds is 3. The third-order valence-electron chi connectivity index (χ3n) is 7.16. The van der Waals surface area contributed by atoms with Gasteiger partial charge in [0, 0.05) is 45.3 Å². The second-order valence-corrected chi connectivity index (χ2v) is 10.8. The zero-order valence-corrected chi connectivity index (χ0v) is 22.0. The van der Waals surface area contributed by atoms with Gasteiger partial charge in [0.15, 0.2) is 0 Å². The molecular formula is C27H58N4. The molecule has 31 heavy (non-hydrogen) atoms. The van der Waals surface area contributed by atoms with Crippen molar-refractivity contribution in [1.82, 2.24) is 19.6 Å². The molecule has 2 saturated heterocycles. The molecule has 0 aromatic carbocycles. The zero-order chi connectivity index (χ0) is 22.7. The Hall–Kier alpha value is -0.420. The minimum Gasteiger partial charge on any atom is -0.306 e. The molecule has 0 bridgehead atoms. The molecule has 0 unspecified atom stereocenters. The molecule has 0 atom stereocenters. The third-order valence-corrected chi connectivity index (χ3v) is 7.16. The summed E-state index contributed by atoms with van der Waals surface area (Å²) in [6.07, 6.45) is 6.46. The van der Waals surface area contributed by atoms with Gasteiger partial charge in [-0.2, -0.15) is 0 Å². The third kappa shape index (κ3) is 13.0. The SMILES string of the molecule is C.CC(C)C1=CCN(C)CC1.CC(C)C1CCN(C)CC1.CC(C)N1CCN(C)CC1. The molecule has 0 radical (unpaired) electrons. The maximum atomic E-state index is 2.53. The lowest BCUT2D eigenvalue weighted by atomic mass is 9.87. The summed E-state index contributed by atoms with van der Waals surface area (Å²) in [5.74, 6) is 2.65. The van der Waals surface area contributed by atoms with E-state index in [1.807, 2.05) is 0 Å². The van der Waals surface area contributed by atoms with E-state index in [-0.39, 0.29) is 7.43 Å². The molecule has 0 N–H and O–H groups in total. The largest absolute Gasteiger partial charge is 0.306 e. The monoisotopic (exact) mass is 438 g/mol. The van der Waals surface area contributed by atoms with E-state index in [1.165, 1.54) is 65.1 Å². The summed E-state index contributed by atoms with van der Waals surface area (Å²) in [6.45, 7) is 23.7. The van der Waals surface area contributed by atoms with Crippen LogP contribution in [0.3, 0.4) is 0 Å². The highest BCUT2D eigenvalue weighted by Crippen LogP contribution is 2.23. The predicted molar refractivity (Wildman–Crippen MR) is 141 cm³/mol. The number of likely N-dealkylation sites (tertiary alicyclic amines) is 1. The summed E-state index contributed by atoms with van der Waals surface area (Å²) in [6, 6.07) is 0.730. The predicted octanol–water partition coefficient (Wildman–Crippen LogP) is 5.17. The topological polar surface area (TPSA) is 13.0 Å². The number of hydrogen-bond donors (Lipinski definition) is 0. The van der Waals surface area contributed by atoms with Crippen molar-refractivity contribution in [3.8, 4) is 0 Å². The van der Waals surface area contributed by atoms with Crippen LogP contribution in [0.15, 0.2) is 11.6 Å². The molecule has 3 rings (SSSR count). The Morgan fingerprint density at radius 1 is 0.710 bits per heavy atom. The van der Waals surface area contributed by atoms with E-state index >= 15 is 0 Å². The molecule has 4 heteroatoms.